The highest BCUT2D eigenvalue weighted by molar-refractivity contribution is 5.74. The normalized spacial score (nSPS) is 28.5. The first-order chi connectivity index (χ1) is 7.34. The summed E-state index contributed by atoms with van der Waals surface area (Å²) in [6.07, 6.45) is 5.86. The number of para-hydroxylation sites is 1. The second-order valence-electron chi connectivity index (χ2n) is 4.47. The van der Waals surface area contributed by atoms with Gasteiger partial charge in [0.15, 0.2) is 0 Å². The van der Waals surface area contributed by atoms with Crippen molar-refractivity contribution in [1.29, 1.82) is 0 Å². The standard InChI is InChI=1S/C13H16N2/c14-11-5-3-7-13-10(11)8-9-4-1-2-6-12(9)15-13/h1-2,4,6,8,11,13,15H,3,5,7,14H2/t11-,13?/m1/s1. The molecule has 1 aliphatic carbocycles. The van der Waals surface area contributed by atoms with Gasteiger partial charge in [0.25, 0.3) is 0 Å². The summed E-state index contributed by atoms with van der Waals surface area (Å²) < 4.78 is 0. The van der Waals surface area contributed by atoms with Crippen LogP contribution in [0.5, 0.6) is 0 Å². The van der Waals surface area contributed by atoms with E-state index in [1.807, 2.05) is 0 Å². The van der Waals surface area contributed by atoms with Gasteiger partial charge in [-0.1, -0.05) is 24.3 Å². The molecular formula is C13H16N2. The molecule has 2 atom stereocenters. The Morgan fingerprint density at radius 2 is 2.07 bits per heavy atom. The molecule has 0 radical (unpaired) electrons. The lowest BCUT2D eigenvalue weighted by atomic mass is 9.83. The Kier molecular flexibility index (Phi) is 2.03. The summed E-state index contributed by atoms with van der Waals surface area (Å²) in [5, 5.41) is 3.58. The van der Waals surface area contributed by atoms with E-state index in [9.17, 15) is 0 Å². The van der Waals surface area contributed by atoms with Crippen LogP contribution in [0.15, 0.2) is 29.8 Å². The van der Waals surface area contributed by atoms with Crippen LogP contribution in [0, 0.1) is 0 Å². The topological polar surface area (TPSA) is 38.0 Å². The van der Waals surface area contributed by atoms with Crippen molar-refractivity contribution < 1.29 is 0 Å². The Balaban J connectivity index is 2.05. The molecule has 1 fully saturated rings. The molecule has 78 valence electrons. The van der Waals surface area contributed by atoms with Crippen molar-refractivity contribution in [2.75, 3.05) is 5.32 Å². The lowest BCUT2D eigenvalue weighted by Crippen LogP contribution is -2.39. The summed E-state index contributed by atoms with van der Waals surface area (Å²) >= 11 is 0. The Morgan fingerprint density at radius 1 is 1.20 bits per heavy atom. The predicted molar refractivity (Wildman–Crippen MR) is 63.7 cm³/mol. The van der Waals surface area contributed by atoms with E-state index in [1.165, 1.54) is 29.7 Å². The van der Waals surface area contributed by atoms with Crippen molar-refractivity contribution in [2.24, 2.45) is 5.73 Å². The van der Waals surface area contributed by atoms with Crippen LogP contribution in [0.4, 0.5) is 5.69 Å². The molecule has 2 aliphatic rings. The molecule has 1 heterocycles. The average Bonchev–Trinajstić information content (AvgIpc) is 2.27. The second kappa shape index (κ2) is 3.38. The first-order valence-electron chi connectivity index (χ1n) is 5.67. The SMILES string of the molecule is N[C@@H]1CCCC2Nc3ccccc3C=C21. The highest BCUT2D eigenvalue weighted by atomic mass is 14.9. The summed E-state index contributed by atoms with van der Waals surface area (Å²) in [7, 11) is 0. The van der Waals surface area contributed by atoms with Crippen LogP contribution >= 0.6 is 0 Å². The van der Waals surface area contributed by atoms with Crippen LogP contribution in [-0.4, -0.2) is 12.1 Å². The smallest absolute Gasteiger partial charge is 0.0492 e. The number of nitrogens with one attached hydrogen (secondary N) is 1. The Bertz CT molecular complexity index is 409. The van der Waals surface area contributed by atoms with E-state index < -0.39 is 0 Å². The first kappa shape index (κ1) is 8.98. The number of hydrogen-bond donors (Lipinski definition) is 2. The van der Waals surface area contributed by atoms with Gasteiger partial charge in [0.1, 0.15) is 0 Å². The molecule has 0 aromatic heterocycles. The van der Waals surface area contributed by atoms with Crippen LogP contribution in [0.2, 0.25) is 0 Å². The molecule has 1 saturated carbocycles. The van der Waals surface area contributed by atoms with Gasteiger partial charge in [-0.25, -0.2) is 0 Å². The number of anilines is 1. The maximum atomic E-state index is 6.14. The summed E-state index contributed by atoms with van der Waals surface area (Å²) in [5.74, 6) is 0. The molecule has 1 aromatic rings. The van der Waals surface area contributed by atoms with Crippen molar-refractivity contribution in [2.45, 2.75) is 31.3 Å². The number of nitrogens with two attached hydrogens (primary N) is 1. The highest BCUT2D eigenvalue weighted by Crippen LogP contribution is 2.33. The van der Waals surface area contributed by atoms with Crippen LogP contribution in [0.25, 0.3) is 6.08 Å². The zero-order valence-corrected chi connectivity index (χ0v) is 8.74. The minimum Gasteiger partial charge on any atom is -0.378 e. The van der Waals surface area contributed by atoms with E-state index in [1.54, 1.807) is 0 Å². The predicted octanol–water partition coefficient (Wildman–Crippen LogP) is 2.38. The number of fused-ring (bicyclic) bond motifs is 2. The van der Waals surface area contributed by atoms with Gasteiger partial charge in [-0.05, 0) is 36.5 Å². The lowest BCUT2D eigenvalue weighted by molar-refractivity contribution is 0.506. The molecule has 3 rings (SSSR count). The average molecular weight is 200 g/mol. The van der Waals surface area contributed by atoms with Gasteiger partial charge in [0.05, 0.1) is 0 Å². The largest absolute Gasteiger partial charge is 0.378 e. The third-order valence-electron chi connectivity index (χ3n) is 3.45. The molecule has 15 heavy (non-hydrogen) atoms. The molecule has 0 spiro atoms. The summed E-state index contributed by atoms with van der Waals surface area (Å²) in [6, 6.07) is 9.17. The van der Waals surface area contributed by atoms with Gasteiger partial charge in [-0.3, -0.25) is 0 Å². The quantitative estimate of drug-likeness (QED) is 0.674. The van der Waals surface area contributed by atoms with Crippen molar-refractivity contribution in [3.8, 4) is 0 Å². The number of hydrogen-bond acceptors (Lipinski definition) is 2. The van der Waals surface area contributed by atoms with Gasteiger partial charge in [-0.15, -0.1) is 0 Å². The van der Waals surface area contributed by atoms with Crippen LogP contribution in [-0.2, 0) is 0 Å². The van der Waals surface area contributed by atoms with E-state index >= 15 is 0 Å². The minimum atomic E-state index is 0.254. The number of rotatable bonds is 0. The maximum absolute atomic E-state index is 6.14. The highest BCUT2D eigenvalue weighted by Gasteiger charge is 2.27. The molecule has 1 aliphatic heterocycles. The maximum Gasteiger partial charge on any atom is 0.0492 e. The Labute approximate surface area is 90.2 Å². The van der Waals surface area contributed by atoms with Crippen LogP contribution in [0.1, 0.15) is 24.8 Å². The van der Waals surface area contributed by atoms with E-state index in [2.05, 4.69) is 35.7 Å². The molecule has 2 heteroatoms. The molecule has 3 N–H and O–H groups in total. The monoisotopic (exact) mass is 200 g/mol. The Morgan fingerprint density at radius 3 is 3.00 bits per heavy atom. The van der Waals surface area contributed by atoms with Crippen LogP contribution in [0.3, 0.4) is 0 Å². The fraction of sp³-hybridized carbons (Fsp3) is 0.385. The van der Waals surface area contributed by atoms with Gasteiger partial charge in [0, 0.05) is 17.8 Å². The minimum absolute atomic E-state index is 0.254. The summed E-state index contributed by atoms with van der Waals surface area (Å²) in [5.41, 5.74) is 10.1. The van der Waals surface area contributed by atoms with Crippen molar-refractivity contribution in [1.82, 2.24) is 0 Å². The third-order valence-corrected chi connectivity index (χ3v) is 3.45. The second-order valence-corrected chi connectivity index (χ2v) is 4.47. The lowest BCUT2D eigenvalue weighted by Gasteiger charge is -2.35. The zero-order valence-electron chi connectivity index (χ0n) is 8.74. The van der Waals surface area contributed by atoms with Crippen LogP contribution < -0.4 is 11.1 Å². The fourth-order valence-electron chi connectivity index (χ4n) is 2.62. The molecule has 0 saturated heterocycles. The molecule has 1 aromatic carbocycles. The zero-order chi connectivity index (χ0) is 10.3. The fourth-order valence-corrected chi connectivity index (χ4v) is 2.62. The van der Waals surface area contributed by atoms with E-state index in [0.29, 0.717) is 6.04 Å². The molecule has 0 amide bonds. The molecule has 0 bridgehead atoms. The Hall–Kier alpha value is -1.28. The molecule has 2 nitrogen and oxygen atoms in total. The molecule has 1 unspecified atom stereocenters. The summed E-state index contributed by atoms with van der Waals surface area (Å²) in [4.78, 5) is 0. The number of benzene rings is 1. The van der Waals surface area contributed by atoms with Gasteiger partial charge in [-0.2, -0.15) is 0 Å². The molecular weight excluding hydrogens is 184 g/mol. The van der Waals surface area contributed by atoms with E-state index in [-0.39, 0.29) is 6.04 Å². The van der Waals surface area contributed by atoms with Crippen molar-refractivity contribution in [3.63, 3.8) is 0 Å². The van der Waals surface area contributed by atoms with Gasteiger partial charge < -0.3 is 11.1 Å². The van der Waals surface area contributed by atoms with Crippen molar-refractivity contribution in [3.05, 3.63) is 35.4 Å². The third kappa shape index (κ3) is 1.45. The van der Waals surface area contributed by atoms with E-state index in [4.69, 9.17) is 5.73 Å². The first-order valence-corrected chi connectivity index (χ1v) is 5.67. The van der Waals surface area contributed by atoms with Gasteiger partial charge >= 0.3 is 0 Å². The summed E-state index contributed by atoms with van der Waals surface area (Å²) in [6.45, 7) is 0. The van der Waals surface area contributed by atoms with Gasteiger partial charge in [0.2, 0.25) is 0 Å². The van der Waals surface area contributed by atoms with E-state index in [0.717, 1.165) is 6.42 Å². The van der Waals surface area contributed by atoms with Crippen molar-refractivity contribution >= 4 is 11.8 Å².